The van der Waals surface area contributed by atoms with Gasteiger partial charge in [-0.25, -0.2) is 13.2 Å². The molecule has 0 saturated carbocycles. The summed E-state index contributed by atoms with van der Waals surface area (Å²) < 4.78 is 33.7. The fraction of sp³-hybridized carbons (Fsp3) is 0.231. The molecule has 9 heteroatoms. The Morgan fingerprint density at radius 3 is 2.29 bits per heavy atom. The van der Waals surface area contributed by atoms with E-state index in [2.05, 4.69) is 10.0 Å². The summed E-state index contributed by atoms with van der Waals surface area (Å²) in [5, 5.41) is 2.68. The lowest BCUT2D eigenvalue weighted by molar-refractivity contribution is 0.0499. The summed E-state index contributed by atoms with van der Waals surface area (Å²) in [7, 11) is -4.05. The number of amides is 1. The number of hydrogen-bond acceptors (Lipinski definition) is 5. The van der Waals surface area contributed by atoms with Gasteiger partial charge in [0.15, 0.2) is 0 Å². The van der Waals surface area contributed by atoms with E-state index >= 15 is 0 Å². The quantitative estimate of drug-likeness (QED) is 0.270. The third-order valence-electron chi connectivity index (χ3n) is 5.22. The van der Waals surface area contributed by atoms with E-state index in [4.69, 9.17) is 16.3 Å². The monoisotopic (exact) mass is 514 g/mol. The molecule has 0 aliphatic heterocycles. The molecule has 3 aromatic rings. The number of esters is 1. The molecule has 0 aliphatic rings. The van der Waals surface area contributed by atoms with Gasteiger partial charge >= 0.3 is 5.97 Å². The van der Waals surface area contributed by atoms with E-state index in [9.17, 15) is 18.0 Å². The van der Waals surface area contributed by atoms with Crippen molar-refractivity contribution in [1.82, 2.24) is 0 Å². The van der Waals surface area contributed by atoms with Crippen molar-refractivity contribution in [1.29, 1.82) is 0 Å². The van der Waals surface area contributed by atoms with Crippen LogP contribution in [0, 0.1) is 13.8 Å². The molecule has 0 aliphatic carbocycles. The van der Waals surface area contributed by atoms with E-state index in [1.807, 2.05) is 19.9 Å². The molecule has 0 bridgehead atoms. The first-order valence-electron chi connectivity index (χ1n) is 11.1. The molecule has 1 amide bonds. The Bertz CT molecular complexity index is 1340. The molecule has 0 heterocycles. The summed E-state index contributed by atoms with van der Waals surface area (Å²) in [6, 6.07) is 15.6. The predicted molar refractivity (Wildman–Crippen MR) is 138 cm³/mol. The molecule has 35 heavy (non-hydrogen) atoms. The van der Waals surface area contributed by atoms with Crippen LogP contribution in [-0.4, -0.2) is 26.9 Å². The van der Waals surface area contributed by atoms with Crippen LogP contribution in [0.3, 0.4) is 0 Å². The SMILES string of the molecule is CCCCOC(=O)c1ccc(NC(=O)c2ccc(Cl)c(S(=O)(=O)Nc3ccc(C)cc3C)c2)cc1. The molecular formula is C26H27ClN2O5S. The third-order valence-corrected chi connectivity index (χ3v) is 7.07. The maximum absolute atomic E-state index is 13.0. The predicted octanol–water partition coefficient (Wildman–Crippen LogP) is 5.97. The lowest BCUT2D eigenvalue weighted by Gasteiger charge is -2.13. The van der Waals surface area contributed by atoms with Crippen molar-refractivity contribution < 1.29 is 22.7 Å². The molecule has 0 atom stereocenters. The number of rotatable bonds is 9. The second-order valence-corrected chi connectivity index (χ2v) is 10.1. The lowest BCUT2D eigenvalue weighted by atomic mass is 10.1. The number of unbranched alkanes of at least 4 members (excludes halogenated alkanes) is 1. The van der Waals surface area contributed by atoms with Gasteiger partial charge in [-0.15, -0.1) is 0 Å². The van der Waals surface area contributed by atoms with Gasteiger partial charge < -0.3 is 10.1 Å². The van der Waals surface area contributed by atoms with Crippen molar-refractivity contribution in [2.24, 2.45) is 0 Å². The molecule has 0 radical (unpaired) electrons. The minimum Gasteiger partial charge on any atom is -0.462 e. The maximum Gasteiger partial charge on any atom is 0.338 e. The number of halogens is 1. The number of ether oxygens (including phenoxy) is 1. The van der Waals surface area contributed by atoms with Gasteiger partial charge in [0, 0.05) is 11.3 Å². The zero-order chi connectivity index (χ0) is 25.6. The second-order valence-electron chi connectivity index (χ2n) is 8.09. The minimum absolute atomic E-state index is 0.00949. The fourth-order valence-corrected chi connectivity index (χ4v) is 4.92. The summed E-state index contributed by atoms with van der Waals surface area (Å²) in [6.45, 7) is 6.07. The van der Waals surface area contributed by atoms with Crippen LogP contribution in [0.5, 0.6) is 0 Å². The van der Waals surface area contributed by atoms with E-state index in [-0.39, 0.29) is 15.5 Å². The average molecular weight is 515 g/mol. The number of nitrogens with one attached hydrogen (secondary N) is 2. The Morgan fingerprint density at radius 1 is 0.943 bits per heavy atom. The van der Waals surface area contributed by atoms with Gasteiger partial charge in [0.25, 0.3) is 15.9 Å². The Hall–Kier alpha value is -3.36. The molecule has 0 fully saturated rings. The van der Waals surface area contributed by atoms with Crippen LogP contribution in [0.25, 0.3) is 0 Å². The van der Waals surface area contributed by atoms with Crippen LogP contribution in [0.4, 0.5) is 11.4 Å². The maximum atomic E-state index is 13.0. The highest BCUT2D eigenvalue weighted by atomic mass is 35.5. The number of sulfonamides is 1. The van der Waals surface area contributed by atoms with Crippen LogP contribution in [0.2, 0.25) is 5.02 Å². The molecular weight excluding hydrogens is 488 g/mol. The summed E-state index contributed by atoms with van der Waals surface area (Å²) in [4.78, 5) is 24.6. The zero-order valence-electron chi connectivity index (χ0n) is 19.7. The summed E-state index contributed by atoms with van der Waals surface area (Å²) in [5.41, 5.74) is 3.11. The topological polar surface area (TPSA) is 102 Å². The first-order chi connectivity index (χ1) is 16.6. The first kappa shape index (κ1) is 26.2. The Morgan fingerprint density at radius 2 is 1.63 bits per heavy atom. The summed E-state index contributed by atoms with van der Waals surface area (Å²) >= 11 is 6.17. The molecule has 184 valence electrons. The number of carbonyl (C=O) groups excluding carboxylic acids is 2. The van der Waals surface area contributed by atoms with Crippen LogP contribution in [-0.2, 0) is 14.8 Å². The van der Waals surface area contributed by atoms with Gasteiger partial charge in [-0.3, -0.25) is 9.52 Å². The van der Waals surface area contributed by atoms with Gasteiger partial charge in [-0.1, -0.05) is 42.6 Å². The fourth-order valence-electron chi connectivity index (χ4n) is 3.26. The van der Waals surface area contributed by atoms with Crippen LogP contribution < -0.4 is 10.0 Å². The number of aryl methyl sites for hydroxylation is 2. The van der Waals surface area contributed by atoms with Crippen molar-refractivity contribution in [3.63, 3.8) is 0 Å². The molecule has 7 nitrogen and oxygen atoms in total. The van der Waals surface area contributed by atoms with E-state index in [0.717, 1.165) is 24.0 Å². The highest BCUT2D eigenvalue weighted by Gasteiger charge is 2.21. The highest BCUT2D eigenvalue weighted by molar-refractivity contribution is 7.92. The molecule has 3 aromatic carbocycles. The van der Waals surface area contributed by atoms with Crippen molar-refractivity contribution in [3.05, 3.63) is 87.9 Å². The largest absolute Gasteiger partial charge is 0.462 e. The van der Waals surface area contributed by atoms with Crippen molar-refractivity contribution >= 4 is 44.9 Å². The van der Waals surface area contributed by atoms with Crippen molar-refractivity contribution in [2.75, 3.05) is 16.6 Å². The minimum atomic E-state index is -4.05. The lowest BCUT2D eigenvalue weighted by Crippen LogP contribution is -2.17. The van der Waals surface area contributed by atoms with Gasteiger partial charge in [0.2, 0.25) is 0 Å². The van der Waals surface area contributed by atoms with E-state index < -0.39 is 21.9 Å². The Labute approximate surface area is 210 Å². The molecule has 0 spiro atoms. The summed E-state index contributed by atoms with van der Waals surface area (Å²) in [5.74, 6) is -0.955. The van der Waals surface area contributed by atoms with Gasteiger partial charge in [0.1, 0.15) is 4.90 Å². The van der Waals surface area contributed by atoms with Gasteiger partial charge in [-0.2, -0.15) is 0 Å². The molecule has 0 aromatic heterocycles. The third kappa shape index (κ3) is 6.83. The Kier molecular flexibility index (Phi) is 8.53. The van der Waals surface area contributed by atoms with Gasteiger partial charge in [0.05, 0.1) is 22.9 Å². The van der Waals surface area contributed by atoms with Crippen LogP contribution in [0.15, 0.2) is 65.6 Å². The van der Waals surface area contributed by atoms with E-state index in [1.54, 1.807) is 43.3 Å². The number of hydrogen-bond donors (Lipinski definition) is 2. The number of anilines is 2. The Balaban J connectivity index is 1.75. The molecule has 0 saturated heterocycles. The molecule has 2 N–H and O–H groups in total. The van der Waals surface area contributed by atoms with Crippen molar-refractivity contribution in [3.8, 4) is 0 Å². The number of benzene rings is 3. The molecule has 0 unspecified atom stereocenters. The number of carbonyl (C=O) groups is 2. The van der Waals surface area contributed by atoms with E-state index in [1.165, 1.54) is 18.2 Å². The van der Waals surface area contributed by atoms with E-state index in [0.29, 0.717) is 23.5 Å². The normalized spacial score (nSPS) is 11.1. The van der Waals surface area contributed by atoms with Crippen molar-refractivity contribution in [2.45, 2.75) is 38.5 Å². The first-order valence-corrected chi connectivity index (χ1v) is 12.9. The van der Waals surface area contributed by atoms with Crippen LogP contribution >= 0.6 is 11.6 Å². The van der Waals surface area contributed by atoms with Gasteiger partial charge in [-0.05, 0) is 74.4 Å². The second kappa shape index (κ2) is 11.4. The highest BCUT2D eigenvalue weighted by Crippen LogP contribution is 2.27. The standard InChI is InChI=1S/C26H27ClN2O5S/c1-4-5-14-34-26(31)19-7-10-21(11-8-19)28-25(30)20-9-12-22(27)24(16-20)35(32,33)29-23-13-6-17(2)15-18(23)3/h6-13,15-16,29H,4-5,14H2,1-3H3,(H,28,30). The molecule has 3 rings (SSSR count). The zero-order valence-corrected chi connectivity index (χ0v) is 21.3. The summed E-state index contributed by atoms with van der Waals surface area (Å²) in [6.07, 6.45) is 1.71. The average Bonchev–Trinajstić information content (AvgIpc) is 2.81. The van der Waals surface area contributed by atoms with Crippen LogP contribution in [0.1, 0.15) is 51.6 Å². The smallest absolute Gasteiger partial charge is 0.338 e.